The third-order valence-electron chi connectivity index (χ3n) is 4.58. The summed E-state index contributed by atoms with van der Waals surface area (Å²) in [5.74, 6) is 0.131. The summed E-state index contributed by atoms with van der Waals surface area (Å²) in [5, 5.41) is 3.56. The Kier molecular flexibility index (Phi) is 5.39. The standard InChI is InChI=1S/C16H20NO2.Y/c1-10-3-5-11(6-4-10)13-9-12-7-8-14(17-12)15(13)16(18)19-2;/h3,5-6,12-15,17H,7-9H2,1-2H3;/q-1;+3. The number of methoxy groups -OCH3 is 1. The van der Waals surface area contributed by atoms with Crippen LogP contribution in [0.25, 0.3) is 0 Å². The van der Waals surface area contributed by atoms with Crippen molar-refractivity contribution in [1.29, 1.82) is 0 Å². The van der Waals surface area contributed by atoms with Gasteiger partial charge in [-0.2, -0.15) is 35.4 Å². The summed E-state index contributed by atoms with van der Waals surface area (Å²) in [6.07, 6.45) is 3.27. The number of nitrogens with one attached hydrogen (secondary N) is 1. The van der Waals surface area contributed by atoms with Gasteiger partial charge in [0.25, 0.3) is 0 Å². The molecule has 2 aliphatic rings. The Morgan fingerprint density at radius 2 is 2.20 bits per heavy atom. The number of piperidine rings is 1. The van der Waals surface area contributed by atoms with Crippen LogP contribution < -0.4 is 5.32 Å². The van der Waals surface area contributed by atoms with E-state index in [4.69, 9.17) is 4.74 Å². The number of aryl methyl sites for hydroxylation is 1. The second-order valence-corrected chi connectivity index (χ2v) is 5.74. The van der Waals surface area contributed by atoms with Crippen LogP contribution in [0.5, 0.6) is 0 Å². The fourth-order valence-electron chi connectivity index (χ4n) is 3.61. The van der Waals surface area contributed by atoms with Crippen molar-refractivity contribution in [3.05, 3.63) is 35.4 Å². The molecule has 1 aromatic carbocycles. The van der Waals surface area contributed by atoms with E-state index in [1.165, 1.54) is 19.1 Å². The van der Waals surface area contributed by atoms with Gasteiger partial charge < -0.3 is 10.1 Å². The summed E-state index contributed by atoms with van der Waals surface area (Å²) in [6, 6.07) is 10.3. The van der Waals surface area contributed by atoms with Crippen molar-refractivity contribution in [2.24, 2.45) is 5.92 Å². The zero-order valence-corrected chi connectivity index (χ0v) is 14.9. The molecule has 4 unspecified atom stereocenters. The molecule has 3 nitrogen and oxygen atoms in total. The molecule has 0 saturated carbocycles. The van der Waals surface area contributed by atoms with Gasteiger partial charge >= 0.3 is 38.7 Å². The molecule has 0 spiro atoms. The first-order chi connectivity index (χ1) is 9.19. The Labute approximate surface area is 145 Å². The van der Waals surface area contributed by atoms with Crippen molar-refractivity contribution >= 4 is 5.97 Å². The van der Waals surface area contributed by atoms with E-state index in [9.17, 15) is 4.79 Å². The second kappa shape index (κ2) is 6.68. The van der Waals surface area contributed by atoms with E-state index in [2.05, 4.69) is 23.5 Å². The molecule has 0 aromatic heterocycles. The Balaban J connectivity index is 0.00000147. The Morgan fingerprint density at radius 3 is 2.85 bits per heavy atom. The Hall–Kier alpha value is -0.246. The number of esters is 1. The summed E-state index contributed by atoms with van der Waals surface area (Å²) in [4.78, 5) is 12.1. The van der Waals surface area contributed by atoms with Gasteiger partial charge in [0.15, 0.2) is 0 Å². The molecule has 1 N–H and O–H groups in total. The van der Waals surface area contributed by atoms with E-state index >= 15 is 0 Å². The molecule has 20 heavy (non-hydrogen) atoms. The van der Waals surface area contributed by atoms with Crippen LogP contribution in [0.4, 0.5) is 0 Å². The quantitative estimate of drug-likeness (QED) is 0.658. The van der Waals surface area contributed by atoms with E-state index < -0.39 is 0 Å². The topological polar surface area (TPSA) is 38.3 Å². The summed E-state index contributed by atoms with van der Waals surface area (Å²) in [5.41, 5.74) is 2.36. The molecule has 3 rings (SSSR count). The number of fused-ring (bicyclic) bond motifs is 2. The van der Waals surface area contributed by atoms with Crippen molar-refractivity contribution in [2.75, 3.05) is 7.11 Å². The zero-order chi connectivity index (χ0) is 13.4. The second-order valence-electron chi connectivity index (χ2n) is 5.74. The van der Waals surface area contributed by atoms with E-state index in [0.717, 1.165) is 18.4 Å². The van der Waals surface area contributed by atoms with E-state index in [0.29, 0.717) is 6.04 Å². The molecule has 0 aliphatic carbocycles. The van der Waals surface area contributed by atoms with Crippen molar-refractivity contribution < 1.29 is 42.2 Å². The number of carbonyl (C=O) groups is 1. The zero-order valence-electron chi connectivity index (χ0n) is 12.1. The van der Waals surface area contributed by atoms with Crippen molar-refractivity contribution in [1.82, 2.24) is 5.32 Å². The van der Waals surface area contributed by atoms with Crippen LogP contribution in [-0.2, 0) is 42.2 Å². The molecule has 2 aliphatic heterocycles. The molecule has 0 radical (unpaired) electrons. The molecule has 1 aromatic rings. The summed E-state index contributed by atoms with van der Waals surface area (Å²) in [7, 11) is 1.49. The molecule has 2 heterocycles. The van der Waals surface area contributed by atoms with Crippen LogP contribution >= 0.6 is 0 Å². The first kappa shape index (κ1) is 16.1. The molecule has 4 heteroatoms. The minimum atomic E-state index is -0.0802. The number of benzene rings is 1. The molecule has 0 amide bonds. The maximum Gasteiger partial charge on any atom is 3.00 e. The fraction of sp³-hybridized carbons (Fsp3) is 0.562. The van der Waals surface area contributed by atoms with Gasteiger partial charge in [0.2, 0.25) is 0 Å². The maximum absolute atomic E-state index is 12.1. The van der Waals surface area contributed by atoms with Crippen LogP contribution in [0.15, 0.2) is 18.2 Å². The minimum Gasteiger partial charge on any atom is -0.469 e. The van der Waals surface area contributed by atoms with E-state index in [1.54, 1.807) is 0 Å². The SMILES string of the molecule is COC(=O)C1C2CCC(CC1c1c[c-]c(C)cc1)N2.[Y+3]. The molecular weight excluding hydrogens is 327 g/mol. The van der Waals surface area contributed by atoms with Gasteiger partial charge in [-0.3, -0.25) is 4.79 Å². The van der Waals surface area contributed by atoms with Gasteiger partial charge in [-0.1, -0.05) is 6.92 Å². The van der Waals surface area contributed by atoms with Gasteiger partial charge in [0.1, 0.15) is 0 Å². The third-order valence-corrected chi connectivity index (χ3v) is 4.58. The van der Waals surface area contributed by atoms with Crippen molar-refractivity contribution in [3.63, 3.8) is 0 Å². The predicted octanol–water partition coefficient (Wildman–Crippen LogP) is 2.19. The van der Waals surface area contributed by atoms with Crippen LogP contribution in [-0.4, -0.2) is 25.2 Å². The normalized spacial score (nSPS) is 31.5. The van der Waals surface area contributed by atoms with Gasteiger partial charge in [-0.05, 0) is 25.2 Å². The van der Waals surface area contributed by atoms with Crippen LogP contribution in [0, 0.1) is 18.9 Å². The molecular formula is C16H20NO2Y+2. The van der Waals surface area contributed by atoms with Crippen LogP contribution in [0.3, 0.4) is 0 Å². The van der Waals surface area contributed by atoms with Crippen molar-refractivity contribution in [3.8, 4) is 0 Å². The molecule has 2 saturated heterocycles. The van der Waals surface area contributed by atoms with Gasteiger partial charge in [0, 0.05) is 12.1 Å². The number of hydrogen-bond donors (Lipinski definition) is 1. The summed E-state index contributed by atoms with van der Waals surface area (Å²) in [6.45, 7) is 2.04. The van der Waals surface area contributed by atoms with E-state index in [-0.39, 0.29) is 56.6 Å². The van der Waals surface area contributed by atoms with Gasteiger partial charge in [-0.15, -0.1) is 0 Å². The number of hydrogen-bond acceptors (Lipinski definition) is 3. The first-order valence-corrected chi connectivity index (χ1v) is 7.01. The largest absolute Gasteiger partial charge is 3.00 e. The molecule has 2 fully saturated rings. The Bertz CT molecular complexity index is 474. The number of ether oxygens (including phenoxy) is 1. The van der Waals surface area contributed by atoms with Crippen molar-refractivity contribution in [2.45, 2.75) is 44.2 Å². The smallest absolute Gasteiger partial charge is 0.469 e. The number of carbonyl (C=O) groups excluding carboxylic acids is 1. The summed E-state index contributed by atoms with van der Waals surface area (Å²) < 4.78 is 5.03. The monoisotopic (exact) mass is 347 g/mol. The number of rotatable bonds is 2. The summed E-state index contributed by atoms with van der Waals surface area (Å²) >= 11 is 0. The molecule has 4 atom stereocenters. The Morgan fingerprint density at radius 1 is 1.40 bits per heavy atom. The minimum absolute atomic E-state index is 0. The fourth-order valence-corrected chi connectivity index (χ4v) is 3.61. The average Bonchev–Trinajstić information content (AvgIpc) is 2.80. The average molecular weight is 347 g/mol. The van der Waals surface area contributed by atoms with Gasteiger partial charge in [-0.25, -0.2) is 0 Å². The van der Waals surface area contributed by atoms with Gasteiger partial charge in [0.05, 0.1) is 13.0 Å². The van der Waals surface area contributed by atoms with Crippen LogP contribution in [0.1, 0.15) is 36.3 Å². The maximum atomic E-state index is 12.1. The molecule has 102 valence electrons. The van der Waals surface area contributed by atoms with Crippen LogP contribution in [0.2, 0.25) is 0 Å². The third kappa shape index (κ3) is 3.00. The first-order valence-electron chi connectivity index (χ1n) is 7.01. The van der Waals surface area contributed by atoms with E-state index in [1.807, 2.05) is 13.0 Å². The molecule has 2 bridgehead atoms. The predicted molar refractivity (Wildman–Crippen MR) is 72.8 cm³/mol.